The van der Waals surface area contributed by atoms with Gasteiger partial charge in [-0.05, 0) is 44.7 Å². The zero-order chi connectivity index (χ0) is 20.4. The van der Waals surface area contributed by atoms with Crippen LogP contribution in [0.5, 0.6) is 11.5 Å². The van der Waals surface area contributed by atoms with Crippen molar-refractivity contribution in [3.63, 3.8) is 0 Å². The summed E-state index contributed by atoms with van der Waals surface area (Å²) in [7, 11) is 1.62. The molecule has 2 rings (SSSR count). The Morgan fingerprint density at radius 2 is 2.14 bits per heavy atom. The SMILES string of the molecule is CCNC(=NCCC(=O)N1CCCC(C)C1)Nc1ccc(OC)c(OCC)c1. The molecule has 28 heavy (non-hydrogen) atoms. The molecule has 1 aliphatic heterocycles. The Morgan fingerprint density at radius 3 is 2.82 bits per heavy atom. The van der Waals surface area contributed by atoms with E-state index in [1.165, 1.54) is 6.42 Å². The molecule has 2 N–H and O–H groups in total. The molecular weight excluding hydrogens is 356 g/mol. The summed E-state index contributed by atoms with van der Waals surface area (Å²) >= 11 is 0. The van der Waals surface area contributed by atoms with E-state index in [4.69, 9.17) is 9.47 Å². The van der Waals surface area contributed by atoms with Gasteiger partial charge in [0.2, 0.25) is 5.91 Å². The summed E-state index contributed by atoms with van der Waals surface area (Å²) in [5.74, 6) is 2.80. The van der Waals surface area contributed by atoms with Crippen molar-refractivity contribution in [2.24, 2.45) is 10.9 Å². The van der Waals surface area contributed by atoms with E-state index < -0.39 is 0 Å². The van der Waals surface area contributed by atoms with Crippen LogP contribution in [0.1, 0.15) is 40.0 Å². The molecule has 156 valence electrons. The van der Waals surface area contributed by atoms with Crippen LogP contribution in [-0.2, 0) is 4.79 Å². The highest BCUT2D eigenvalue weighted by molar-refractivity contribution is 5.94. The van der Waals surface area contributed by atoms with Gasteiger partial charge in [-0.15, -0.1) is 0 Å². The number of amides is 1. The number of benzene rings is 1. The van der Waals surface area contributed by atoms with Crippen LogP contribution in [0.25, 0.3) is 0 Å². The van der Waals surface area contributed by atoms with Crippen molar-refractivity contribution < 1.29 is 14.3 Å². The zero-order valence-electron chi connectivity index (χ0n) is 17.6. The van der Waals surface area contributed by atoms with Gasteiger partial charge < -0.3 is 25.0 Å². The van der Waals surface area contributed by atoms with Crippen molar-refractivity contribution in [3.05, 3.63) is 18.2 Å². The van der Waals surface area contributed by atoms with Crippen LogP contribution in [0.4, 0.5) is 5.69 Å². The number of aliphatic imine (C=N–C) groups is 1. The van der Waals surface area contributed by atoms with E-state index in [-0.39, 0.29) is 5.91 Å². The van der Waals surface area contributed by atoms with Gasteiger partial charge >= 0.3 is 0 Å². The largest absolute Gasteiger partial charge is 0.493 e. The quantitative estimate of drug-likeness (QED) is 0.527. The van der Waals surface area contributed by atoms with Gasteiger partial charge in [0.05, 0.1) is 20.3 Å². The first-order valence-electron chi connectivity index (χ1n) is 10.2. The van der Waals surface area contributed by atoms with Gasteiger partial charge in [0.25, 0.3) is 0 Å². The number of hydrogen-bond donors (Lipinski definition) is 2. The van der Waals surface area contributed by atoms with Crippen molar-refractivity contribution >= 4 is 17.6 Å². The van der Waals surface area contributed by atoms with Crippen LogP contribution >= 0.6 is 0 Å². The monoisotopic (exact) mass is 390 g/mol. The second-order valence-corrected chi connectivity index (χ2v) is 7.02. The fraction of sp³-hybridized carbons (Fsp3) is 0.619. The van der Waals surface area contributed by atoms with E-state index in [9.17, 15) is 4.79 Å². The van der Waals surface area contributed by atoms with Gasteiger partial charge in [0.15, 0.2) is 17.5 Å². The number of anilines is 1. The molecule has 0 bridgehead atoms. The van der Waals surface area contributed by atoms with Gasteiger partial charge in [-0.3, -0.25) is 9.79 Å². The third kappa shape index (κ3) is 6.62. The molecule has 1 saturated heterocycles. The lowest BCUT2D eigenvalue weighted by atomic mass is 10.00. The Bertz CT molecular complexity index is 663. The molecule has 1 unspecified atom stereocenters. The summed E-state index contributed by atoms with van der Waals surface area (Å²) in [4.78, 5) is 18.9. The maximum absolute atomic E-state index is 12.4. The number of piperidine rings is 1. The summed E-state index contributed by atoms with van der Waals surface area (Å²) in [5.41, 5.74) is 0.847. The first kappa shape index (κ1) is 21.9. The van der Waals surface area contributed by atoms with Gasteiger partial charge in [0.1, 0.15) is 0 Å². The first-order chi connectivity index (χ1) is 13.6. The van der Waals surface area contributed by atoms with Crippen molar-refractivity contribution in [2.45, 2.75) is 40.0 Å². The molecule has 0 saturated carbocycles. The first-order valence-corrected chi connectivity index (χ1v) is 10.2. The summed E-state index contributed by atoms with van der Waals surface area (Å²) < 4.78 is 10.9. The molecule has 0 spiro atoms. The smallest absolute Gasteiger partial charge is 0.224 e. The molecule has 1 atom stereocenters. The number of likely N-dealkylation sites (tertiary alicyclic amines) is 1. The maximum Gasteiger partial charge on any atom is 0.224 e. The van der Waals surface area contributed by atoms with Crippen molar-refractivity contribution in [1.29, 1.82) is 0 Å². The van der Waals surface area contributed by atoms with E-state index >= 15 is 0 Å². The fourth-order valence-electron chi connectivity index (χ4n) is 3.30. The van der Waals surface area contributed by atoms with Gasteiger partial charge in [-0.2, -0.15) is 0 Å². The van der Waals surface area contributed by atoms with Crippen LogP contribution in [0.2, 0.25) is 0 Å². The third-order valence-electron chi connectivity index (χ3n) is 4.68. The summed E-state index contributed by atoms with van der Waals surface area (Å²) in [6.07, 6.45) is 2.73. The summed E-state index contributed by atoms with van der Waals surface area (Å²) in [6, 6.07) is 5.65. The van der Waals surface area contributed by atoms with E-state index in [1.807, 2.05) is 36.9 Å². The molecule has 1 aromatic carbocycles. The minimum absolute atomic E-state index is 0.189. The fourth-order valence-corrected chi connectivity index (χ4v) is 3.30. The number of rotatable bonds is 8. The number of methoxy groups -OCH3 is 1. The molecule has 1 fully saturated rings. The average molecular weight is 391 g/mol. The van der Waals surface area contributed by atoms with E-state index in [0.717, 1.165) is 31.7 Å². The molecule has 1 heterocycles. The average Bonchev–Trinajstić information content (AvgIpc) is 2.68. The summed E-state index contributed by atoms with van der Waals surface area (Å²) in [5, 5.41) is 6.48. The van der Waals surface area contributed by atoms with Crippen LogP contribution in [0.3, 0.4) is 0 Å². The normalized spacial score (nSPS) is 17.2. The number of nitrogens with zero attached hydrogens (tertiary/aromatic N) is 2. The van der Waals surface area contributed by atoms with Crippen LogP contribution in [0.15, 0.2) is 23.2 Å². The lowest BCUT2D eigenvalue weighted by Crippen LogP contribution is -2.39. The van der Waals surface area contributed by atoms with Crippen LogP contribution in [-0.4, -0.2) is 56.7 Å². The predicted molar refractivity (Wildman–Crippen MR) is 113 cm³/mol. The highest BCUT2D eigenvalue weighted by Crippen LogP contribution is 2.30. The number of nitrogens with one attached hydrogen (secondary N) is 2. The standard InChI is InChI=1S/C21H34N4O3/c1-5-22-21(23-12-11-20(26)25-13-7-8-16(3)15-25)24-17-9-10-18(27-4)19(14-17)28-6-2/h9-10,14,16H,5-8,11-13,15H2,1-4H3,(H2,22,23,24). The lowest BCUT2D eigenvalue weighted by Gasteiger charge is -2.30. The Kier molecular flexibility index (Phi) is 8.91. The second kappa shape index (κ2) is 11.4. The molecule has 1 aliphatic rings. The molecule has 7 heteroatoms. The topological polar surface area (TPSA) is 75.2 Å². The third-order valence-corrected chi connectivity index (χ3v) is 4.68. The number of carbonyl (C=O) groups is 1. The van der Waals surface area contributed by atoms with E-state index in [2.05, 4.69) is 22.5 Å². The van der Waals surface area contributed by atoms with Gasteiger partial charge in [-0.25, -0.2) is 0 Å². The maximum atomic E-state index is 12.4. The van der Waals surface area contributed by atoms with Crippen LogP contribution in [0, 0.1) is 5.92 Å². The van der Waals surface area contributed by atoms with Crippen molar-refractivity contribution in [3.8, 4) is 11.5 Å². The summed E-state index contributed by atoms with van der Waals surface area (Å²) in [6.45, 7) is 9.64. The molecule has 7 nitrogen and oxygen atoms in total. The highest BCUT2D eigenvalue weighted by Gasteiger charge is 2.20. The van der Waals surface area contributed by atoms with Crippen LogP contribution < -0.4 is 20.1 Å². The molecule has 1 amide bonds. The lowest BCUT2D eigenvalue weighted by molar-refractivity contribution is -0.132. The van der Waals surface area contributed by atoms with Gasteiger partial charge in [-0.1, -0.05) is 6.92 Å². The zero-order valence-corrected chi connectivity index (χ0v) is 17.6. The Labute approximate surface area is 168 Å². The number of ether oxygens (including phenoxy) is 2. The molecule has 0 aliphatic carbocycles. The van der Waals surface area contributed by atoms with E-state index in [0.29, 0.717) is 42.9 Å². The van der Waals surface area contributed by atoms with E-state index in [1.54, 1.807) is 7.11 Å². The molecule has 0 radical (unpaired) electrons. The number of hydrogen-bond acceptors (Lipinski definition) is 4. The molecule has 0 aromatic heterocycles. The second-order valence-electron chi connectivity index (χ2n) is 7.02. The number of guanidine groups is 1. The van der Waals surface area contributed by atoms with Crippen molar-refractivity contribution in [2.75, 3.05) is 45.2 Å². The minimum atomic E-state index is 0.189. The Morgan fingerprint density at radius 1 is 1.32 bits per heavy atom. The highest BCUT2D eigenvalue weighted by atomic mass is 16.5. The molecular formula is C21H34N4O3. The molecule has 1 aromatic rings. The number of carbonyl (C=O) groups excluding carboxylic acids is 1. The predicted octanol–water partition coefficient (Wildman–Crippen LogP) is 3.12. The Balaban J connectivity index is 1.96. The minimum Gasteiger partial charge on any atom is -0.493 e. The van der Waals surface area contributed by atoms with Gasteiger partial charge in [0, 0.05) is 37.8 Å². The van der Waals surface area contributed by atoms with Crippen molar-refractivity contribution in [1.82, 2.24) is 10.2 Å². The Hall–Kier alpha value is -2.44.